The molecule has 0 aliphatic carbocycles. The van der Waals surface area contributed by atoms with E-state index in [1.807, 2.05) is 0 Å². The summed E-state index contributed by atoms with van der Waals surface area (Å²) in [6.07, 6.45) is 0. The lowest BCUT2D eigenvalue weighted by Gasteiger charge is -2.08. The van der Waals surface area contributed by atoms with E-state index < -0.39 is 21.7 Å². The first kappa shape index (κ1) is 16.2. The summed E-state index contributed by atoms with van der Waals surface area (Å²) in [4.78, 5) is 10.6. The number of carbonyl (C=O) groups excluding carboxylic acids is 1. The summed E-state index contributed by atoms with van der Waals surface area (Å²) in [5.41, 5.74) is 0. The zero-order chi connectivity index (χ0) is 14.5. The molecule has 9 heteroatoms. The molecule has 1 aromatic carbocycles. The number of alkyl halides is 1. The molecule has 1 amide bonds. The lowest BCUT2D eigenvalue weighted by Crippen LogP contribution is -2.35. The van der Waals surface area contributed by atoms with Gasteiger partial charge in [0.15, 0.2) is 0 Å². The lowest BCUT2D eigenvalue weighted by molar-refractivity contribution is -0.118. The number of rotatable bonds is 6. The van der Waals surface area contributed by atoms with Crippen LogP contribution in [0.5, 0.6) is 0 Å². The SMILES string of the molecule is O=C(CCl)NCCNS(=O)(=O)c1ccc(F)cc1Cl. The molecule has 0 aromatic heterocycles. The van der Waals surface area contributed by atoms with Crippen LogP contribution in [-0.2, 0) is 14.8 Å². The molecule has 0 aliphatic rings. The van der Waals surface area contributed by atoms with Gasteiger partial charge in [-0.3, -0.25) is 4.79 Å². The van der Waals surface area contributed by atoms with Gasteiger partial charge in [-0.1, -0.05) is 11.6 Å². The quantitative estimate of drug-likeness (QED) is 0.606. The summed E-state index contributed by atoms with van der Waals surface area (Å²) >= 11 is 10.9. The van der Waals surface area contributed by atoms with E-state index in [0.717, 1.165) is 18.2 Å². The minimum atomic E-state index is -3.85. The molecule has 5 nitrogen and oxygen atoms in total. The Balaban J connectivity index is 2.63. The molecule has 0 heterocycles. The van der Waals surface area contributed by atoms with Crippen LogP contribution in [0.4, 0.5) is 4.39 Å². The average molecular weight is 329 g/mol. The number of amides is 1. The number of halogens is 3. The molecule has 0 spiro atoms. The van der Waals surface area contributed by atoms with Crippen molar-refractivity contribution in [2.24, 2.45) is 0 Å². The lowest BCUT2D eigenvalue weighted by atomic mass is 10.3. The molecule has 0 fully saturated rings. The van der Waals surface area contributed by atoms with Crippen molar-refractivity contribution in [3.8, 4) is 0 Å². The summed E-state index contributed by atoms with van der Waals surface area (Å²) in [6, 6.07) is 2.97. The topological polar surface area (TPSA) is 75.3 Å². The third-order valence-corrected chi connectivity index (χ3v) is 4.23. The zero-order valence-corrected chi connectivity index (χ0v) is 11.9. The van der Waals surface area contributed by atoms with Crippen molar-refractivity contribution in [2.75, 3.05) is 19.0 Å². The Morgan fingerprint density at radius 2 is 2.00 bits per heavy atom. The van der Waals surface area contributed by atoms with Crippen molar-refractivity contribution in [3.63, 3.8) is 0 Å². The molecule has 0 radical (unpaired) electrons. The van der Waals surface area contributed by atoms with E-state index in [2.05, 4.69) is 10.0 Å². The van der Waals surface area contributed by atoms with Gasteiger partial charge in [-0.05, 0) is 18.2 Å². The predicted molar refractivity (Wildman–Crippen MR) is 70.3 cm³/mol. The fraction of sp³-hybridized carbons (Fsp3) is 0.300. The van der Waals surface area contributed by atoms with Crippen LogP contribution >= 0.6 is 23.2 Å². The van der Waals surface area contributed by atoms with Gasteiger partial charge in [0.2, 0.25) is 15.9 Å². The van der Waals surface area contributed by atoms with Gasteiger partial charge in [0, 0.05) is 13.1 Å². The van der Waals surface area contributed by atoms with Crippen molar-refractivity contribution < 1.29 is 17.6 Å². The van der Waals surface area contributed by atoms with E-state index >= 15 is 0 Å². The largest absolute Gasteiger partial charge is 0.354 e. The fourth-order valence-corrected chi connectivity index (χ4v) is 2.86. The number of nitrogens with one attached hydrogen (secondary N) is 2. The maximum absolute atomic E-state index is 12.8. The number of benzene rings is 1. The van der Waals surface area contributed by atoms with E-state index in [1.54, 1.807) is 0 Å². The molecule has 1 aromatic rings. The van der Waals surface area contributed by atoms with E-state index in [9.17, 15) is 17.6 Å². The molecule has 0 saturated carbocycles. The standard InChI is InChI=1S/C10H11Cl2FN2O3S/c11-6-10(16)14-3-4-15-19(17,18)9-2-1-7(13)5-8(9)12/h1-2,5,15H,3-4,6H2,(H,14,16). The van der Waals surface area contributed by atoms with Crippen LogP contribution in [0.15, 0.2) is 23.1 Å². The van der Waals surface area contributed by atoms with Gasteiger partial charge >= 0.3 is 0 Å². The first-order valence-corrected chi connectivity index (χ1v) is 7.54. The minimum Gasteiger partial charge on any atom is -0.354 e. The highest BCUT2D eigenvalue weighted by molar-refractivity contribution is 7.89. The Labute approximate surface area is 120 Å². The number of sulfonamides is 1. The summed E-state index contributed by atoms with van der Waals surface area (Å²) in [5, 5.41) is 2.18. The molecule has 0 atom stereocenters. The van der Waals surface area contributed by atoms with Crippen molar-refractivity contribution in [3.05, 3.63) is 29.0 Å². The zero-order valence-electron chi connectivity index (χ0n) is 9.62. The van der Waals surface area contributed by atoms with Crippen LogP contribution in [0.25, 0.3) is 0 Å². The average Bonchev–Trinajstić information content (AvgIpc) is 2.33. The van der Waals surface area contributed by atoms with Crippen molar-refractivity contribution >= 4 is 39.1 Å². The smallest absolute Gasteiger partial charge is 0.242 e. The van der Waals surface area contributed by atoms with Crippen molar-refractivity contribution in [1.82, 2.24) is 10.0 Å². The maximum Gasteiger partial charge on any atom is 0.242 e. The molecule has 106 valence electrons. The molecule has 0 unspecified atom stereocenters. The second-order valence-corrected chi connectivity index (χ2v) is 5.87. The van der Waals surface area contributed by atoms with E-state index in [1.165, 1.54) is 0 Å². The van der Waals surface area contributed by atoms with Crippen LogP contribution in [0.2, 0.25) is 5.02 Å². The molecule has 1 rings (SSSR count). The third-order valence-electron chi connectivity index (χ3n) is 2.04. The Morgan fingerprint density at radius 3 is 2.58 bits per heavy atom. The van der Waals surface area contributed by atoms with Gasteiger partial charge in [0.05, 0.1) is 5.02 Å². The second kappa shape index (κ2) is 7.04. The van der Waals surface area contributed by atoms with Crippen molar-refractivity contribution in [1.29, 1.82) is 0 Å². The number of carbonyl (C=O) groups is 1. The first-order chi connectivity index (χ1) is 8.86. The van der Waals surface area contributed by atoms with Crippen molar-refractivity contribution in [2.45, 2.75) is 4.90 Å². The van der Waals surface area contributed by atoms with E-state index in [4.69, 9.17) is 23.2 Å². The van der Waals surface area contributed by atoms with E-state index in [-0.39, 0.29) is 28.9 Å². The second-order valence-electron chi connectivity index (χ2n) is 3.46. The normalized spacial score (nSPS) is 11.3. The van der Waals surface area contributed by atoms with Crippen LogP contribution in [0, 0.1) is 5.82 Å². The predicted octanol–water partition coefficient (Wildman–Crippen LogP) is 1.11. The van der Waals surface area contributed by atoms with Gasteiger partial charge in [0.1, 0.15) is 16.6 Å². The highest BCUT2D eigenvalue weighted by Gasteiger charge is 2.17. The Bertz CT molecular complexity index is 566. The van der Waals surface area contributed by atoms with Gasteiger partial charge in [-0.25, -0.2) is 17.5 Å². The molecule has 0 saturated heterocycles. The minimum absolute atomic E-state index is 0.0291. The third kappa shape index (κ3) is 4.94. The van der Waals surface area contributed by atoms with Gasteiger partial charge in [-0.2, -0.15) is 0 Å². The van der Waals surface area contributed by atoms with Gasteiger partial charge < -0.3 is 5.32 Å². The molecule has 2 N–H and O–H groups in total. The maximum atomic E-state index is 12.8. The monoisotopic (exact) mass is 328 g/mol. The summed E-state index contributed by atoms with van der Waals surface area (Å²) in [5.74, 6) is -1.23. The van der Waals surface area contributed by atoms with E-state index in [0.29, 0.717) is 0 Å². The highest BCUT2D eigenvalue weighted by atomic mass is 35.5. The van der Waals surface area contributed by atoms with Crippen LogP contribution in [0.3, 0.4) is 0 Å². The molecular formula is C10H11Cl2FN2O3S. The number of hydrogen-bond donors (Lipinski definition) is 2. The Kier molecular flexibility index (Phi) is 5.99. The molecule has 19 heavy (non-hydrogen) atoms. The molecule has 0 aliphatic heterocycles. The summed E-state index contributed by atoms with van der Waals surface area (Å²) in [7, 11) is -3.85. The Morgan fingerprint density at radius 1 is 1.32 bits per heavy atom. The van der Waals surface area contributed by atoms with Gasteiger partial charge in [-0.15, -0.1) is 11.6 Å². The highest BCUT2D eigenvalue weighted by Crippen LogP contribution is 2.21. The van der Waals surface area contributed by atoms with Crippen LogP contribution in [0.1, 0.15) is 0 Å². The summed E-state index contributed by atoms with van der Waals surface area (Å²) in [6.45, 7) is 0.0578. The fourth-order valence-electron chi connectivity index (χ4n) is 1.21. The summed E-state index contributed by atoms with van der Waals surface area (Å²) < 4.78 is 38.7. The van der Waals surface area contributed by atoms with Crippen LogP contribution < -0.4 is 10.0 Å². The van der Waals surface area contributed by atoms with Gasteiger partial charge in [0.25, 0.3) is 0 Å². The number of hydrogen-bond acceptors (Lipinski definition) is 3. The first-order valence-electron chi connectivity index (χ1n) is 5.14. The molecular weight excluding hydrogens is 318 g/mol. The Hall–Kier alpha value is -0.890. The van der Waals surface area contributed by atoms with Crippen LogP contribution in [-0.4, -0.2) is 33.3 Å². The molecule has 0 bridgehead atoms.